The molecule has 52 heavy (non-hydrogen) atoms. The summed E-state index contributed by atoms with van der Waals surface area (Å²) >= 11 is 0. The standard InChI is InChI=1S/C48H36N4/c1-48(2)41-22-11-9-20-37(41)39-28-29-40-38-21-10-12-23-42(38)52(44(40)43(39)48)36-19-13-18-35(30-36)47-50-45(33-16-7-4-8-17-33)49-46(51-47)34-26-24-32(25-27-34)31-14-5-3-6-15-31/h3-30,45H,1-2H3,(H,49,50,51). The van der Waals surface area contributed by atoms with Crippen LogP contribution in [0.1, 0.15) is 47.8 Å². The zero-order valence-electron chi connectivity index (χ0n) is 29.1. The molecule has 248 valence electrons. The molecule has 0 radical (unpaired) electrons. The van der Waals surface area contributed by atoms with E-state index in [4.69, 9.17) is 9.98 Å². The summed E-state index contributed by atoms with van der Waals surface area (Å²) in [5.41, 5.74) is 14.2. The van der Waals surface area contributed by atoms with Gasteiger partial charge in [0.2, 0.25) is 0 Å². The molecule has 10 rings (SSSR count). The highest BCUT2D eigenvalue weighted by molar-refractivity contribution is 6.15. The second-order valence-electron chi connectivity index (χ2n) is 14.3. The maximum Gasteiger partial charge on any atom is 0.159 e. The van der Waals surface area contributed by atoms with E-state index >= 15 is 0 Å². The van der Waals surface area contributed by atoms with Gasteiger partial charge < -0.3 is 9.88 Å². The summed E-state index contributed by atoms with van der Waals surface area (Å²) < 4.78 is 2.47. The van der Waals surface area contributed by atoms with Gasteiger partial charge in [-0.05, 0) is 57.1 Å². The van der Waals surface area contributed by atoms with Crippen LogP contribution in [0.4, 0.5) is 0 Å². The predicted molar refractivity (Wildman–Crippen MR) is 216 cm³/mol. The first-order valence-electron chi connectivity index (χ1n) is 18.0. The Balaban J connectivity index is 1.13. The van der Waals surface area contributed by atoms with Crippen molar-refractivity contribution in [3.63, 3.8) is 0 Å². The monoisotopic (exact) mass is 668 g/mol. The van der Waals surface area contributed by atoms with E-state index in [0.717, 1.165) is 28.2 Å². The molecule has 1 aliphatic heterocycles. The van der Waals surface area contributed by atoms with Gasteiger partial charge in [0.25, 0.3) is 0 Å². The van der Waals surface area contributed by atoms with Crippen LogP contribution in [0.25, 0.3) is 49.7 Å². The molecule has 0 fully saturated rings. The number of hydrogen-bond acceptors (Lipinski definition) is 3. The Morgan fingerprint density at radius 2 is 1.23 bits per heavy atom. The van der Waals surface area contributed by atoms with Gasteiger partial charge in [-0.1, -0.05) is 166 Å². The van der Waals surface area contributed by atoms with Gasteiger partial charge in [0, 0.05) is 33.0 Å². The minimum Gasteiger partial charge on any atom is -0.344 e. The van der Waals surface area contributed by atoms with Gasteiger partial charge in [-0.2, -0.15) is 0 Å². The van der Waals surface area contributed by atoms with E-state index in [1.54, 1.807) is 0 Å². The summed E-state index contributed by atoms with van der Waals surface area (Å²) in [6.07, 6.45) is -0.281. The van der Waals surface area contributed by atoms with Crippen LogP contribution in [-0.4, -0.2) is 16.2 Å². The molecule has 1 aromatic heterocycles. The van der Waals surface area contributed by atoms with Crippen molar-refractivity contribution in [2.45, 2.75) is 25.4 Å². The molecule has 1 unspecified atom stereocenters. The molecule has 2 aliphatic rings. The second kappa shape index (κ2) is 11.8. The Kier molecular flexibility index (Phi) is 6.87. The zero-order chi connectivity index (χ0) is 34.8. The van der Waals surface area contributed by atoms with E-state index < -0.39 is 0 Å². The van der Waals surface area contributed by atoms with Crippen LogP contribution in [0.3, 0.4) is 0 Å². The first kappa shape index (κ1) is 30.3. The van der Waals surface area contributed by atoms with Crippen LogP contribution in [0, 0.1) is 0 Å². The molecule has 0 amide bonds. The van der Waals surface area contributed by atoms with Gasteiger partial charge in [-0.25, -0.2) is 9.98 Å². The maximum absolute atomic E-state index is 5.20. The Labute approximate surface area is 303 Å². The maximum atomic E-state index is 5.20. The SMILES string of the molecule is CC1(C)c2ccccc2-c2ccc3c4ccccc4n(-c4cccc(C5=NC(c6ccc(-c7ccccc7)cc6)=NC(c6ccccc6)N5)c4)c3c21. The van der Waals surface area contributed by atoms with Crippen molar-refractivity contribution in [2.24, 2.45) is 9.98 Å². The fourth-order valence-electron chi connectivity index (χ4n) is 8.35. The summed E-state index contributed by atoms with van der Waals surface area (Å²) in [7, 11) is 0. The smallest absolute Gasteiger partial charge is 0.159 e. The van der Waals surface area contributed by atoms with Crippen molar-refractivity contribution in [3.8, 4) is 27.9 Å². The van der Waals surface area contributed by atoms with Crippen molar-refractivity contribution in [1.29, 1.82) is 0 Å². The quantitative estimate of drug-likeness (QED) is 0.195. The average Bonchev–Trinajstić information content (AvgIpc) is 3.67. The number of nitrogens with one attached hydrogen (secondary N) is 1. The van der Waals surface area contributed by atoms with E-state index in [-0.39, 0.29) is 11.6 Å². The van der Waals surface area contributed by atoms with Gasteiger partial charge in [-0.3, -0.25) is 0 Å². The van der Waals surface area contributed by atoms with Crippen LogP contribution < -0.4 is 5.32 Å². The van der Waals surface area contributed by atoms with Gasteiger partial charge in [0.15, 0.2) is 5.84 Å². The average molecular weight is 669 g/mol. The van der Waals surface area contributed by atoms with E-state index in [1.807, 2.05) is 12.1 Å². The summed E-state index contributed by atoms with van der Waals surface area (Å²) in [5.74, 6) is 1.51. The van der Waals surface area contributed by atoms with Gasteiger partial charge in [-0.15, -0.1) is 0 Å². The van der Waals surface area contributed by atoms with Gasteiger partial charge >= 0.3 is 0 Å². The molecule has 4 heteroatoms. The minimum absolute atomic E-state index is 0.158. The fourth-order valence-corrected chi connectivity index (χ4v) is 8.35. The predicted octanol–water partition coefficient (Wildman–Crippen LogP) is 11.3. The lowest BCUT2D eigenvalue weighted by Crippen LogP contribution is -2.33. The number of para-hydroxylation sites is 1. The van der Waals surface area contributed by atoms with Crippen molar-refractivity contribution < 1.29 is 0 Å². The summed E-state index contributed by atoms with van der Waals surface area (Å²) in [4.78, 5) is 10.3. The molecular weight excluding hydrogens is 633 g/mol. The molecule has 2 heterocycles. The topological polar surface area (TPSA) is 41.7 Å². The second-order valence-corrected chi connectivity index (χ2v) is 14.3. The van der Waals surface area contributed by atoms with Crippen LogP contribution in [0.2, 0.25) is 0 Å². The first-order valence-corrected chi connectivity index (χ1v) is 18.0. The molecular formula is C48H36N4. The highest BCUT2D eigenvalue weighted by atomic mass is 15.2. The normalized spacial score (nSPS) is 15.8. The van der Waals surface area contributed by atoms with Crippen molar-refractivity contribution in [3.05, 3.63) is 198 Å². The summed E-state index contributed by atoms with van der Waals surface area (Å²) in [6.45, 7) is 4.74. The third-order valence-electron chi connectivity index (χ3n) is 10.8. The van der Waals surface area contributed by atoms with Crippen LogP contribution in [0.5, 0.6) is 0 Å². The molecule has 1 N–H and O–H groups in total. The van der Waals surface area contributed by atoms with Crippen molar-refractivity contribution >= 4 is 33.5 Å². The van der Waals surface area contributed by atoms with E-state index in [9.17, 15) is 0 Å². The van der Waals surface area contributed by atoms with Crippen LogP contribution >= 0.6 is 0 Å². The van der Waals surface area contributed by atoms with E-state index in [2.05, 4.69) is 181 Å². The zero-order valence-corrected chi connectivity index (χ0v) is 29.1. The minimum atomic E-state index is -0.281. The molecule has 1 aliphatic carbocycles. The molecule has 7 aromatic carbocycles. The summed E-state index contributed by atoms with van der Waals surface area (Å²) in [6, 6.07) is 60.5. The van der Waals surface area contributed by atoms with Gasteiger partial charge in [0.1, 0.15) is 12.0 Å². The molecule has 0 spiro atoms. The number of amidine groups is 2. The van der Waals surface area contributed by atoms with E-state index in [1.165, 1.54) is 55.2 Å². The molecule has 8 aromatic rings. The number of rotatable bonds is 5. The molecule has 0 saturated carbocycles. The highest BCUT2D eigenvalue weighted by Crippen LogP contribution is 2.52. The van der Waals surface area contributed by atoms with Crippen molar-refractivity contribution in [1.82, 2.24) is 9.88 Å². The van der Waals surface area contributed by atoms with E-state index in [0.29, 0.717) is 5.84 Å². The molecule has 1 atom stereocenters. The number of aromatic nitrogens is 1. The van der Waals surface area contributed by atoms with Crippen LogP contribution in [0.15, 0.2) is 180 Å². The highest BCUT2D eigenvalue weighted by Gasteiger charge is 2.38. The lowest BCUT2D eigenvalue weighted by molar-refractivity contribution is 0.664. The molecule has 0 saturated heterocycles. The Hall–Kier alpha value is -6.52. The third-order valence-corrected chi connectivity index (χ3v) is 10.8. The fraction of sp³-hybridized carbons (Fsp3) is 0.0833. The Morgan fingerprint density at radius 1 is 0.558 bits per heavy atom. The number of hydrogen-bond donors (Lipinski definition) is 1. The lowest BCUT2D eigenvalue weighted by atomic mass is 9.81. The summed E-state index contributed by atoms with van der Waals surface area (Å²) in [5, 5.41) is 6.21. The molecule has 4 nitrogen and oxygen atoms in total. The lowest BCUT2D eigenvalue weighted by Gasteiger charge is -2.25. The third kappa shape index (κ3) is 4.75. The largest absolute Gasteiger partial charge is 0.344 e. The number of benzene rings is 7. The van der Waals surface area contributed by atoms with Crippen molar-refractivity contribution in [2.75, 3.05) is 0 Å². The number of nitrogens with zero attached hydrogens (tertiary/aromatic N) is 3. The Morgan fingerprint density at radius 3 is 2.06 bits per heavy atom. The first-order chi connectivity index (χ1) is 25.5. The van der Waals surface area contributed by atoms with Gasteiger partial charge in [0.05, 0.1) is 11.0 Å². The number of aliphatic imine (C=N–C) groups is 2. The van der Waals surface area contributed by atoms with Crippen LogP contribution in [-0.2, 0) is 5.41 Å². The molecule has 0 bridgehead atoms. The number of fused-ring (bicyclic) bond motifs is 7. The Bertz CT molecular complexity index is 2720.